The minimum Gasteiger partial charge on any atom is -0.395 e. The highest BCUT2D eigenvalue weighted by atomic mass is 16.3. The van der Waals surface area contributed by atoms with Crippen LogP contribution in [0.3, 0.4) is 0 Å². The quantitative estimate of drug-likeness (QED) is 0.556. The molecule has 0 saturated heterocycles. The fraction of sp³-hybridized carbons (Fsp3) is 0.929. The first-order valence-corrected chi connectivity index (χ1v) is 7.32. The predicted octanol–water partition coefficient (Wildman–Crippen LogP) is 1.91. The summed E-state index contributed by atoms with van der Waals surface area (Å²) in [4.78, 5) is 13.8. The van der Waals surface area contributed by atoms with Gasteiger partial charge in [-0.15, -0.1) is 0 Å². The average Bonchev–Trinajstić information content (AvgIpc) is 2.38. The van der Waals surface area contributed by atoms with Crippen molar-refractivity contribution in [2.45, 2.75) is 64.8 Å². The van der Waals surface area contributed by atoms with Gasteiger partial charge in [0.05, 0.1) is 12.6 Å². The molecule has 3 N–H and O–H groups in total. The average molecular weight is 258 g/mol. The number of nitrogens with two attached hydrogens (primary N) is 1. The van der Waals surface area contributed by atoms with Crippen LogP contribution in [0.4, 0.5) is 0 Å². The van der Waals surface area contributed by atoms with Gasteiger partial charge in [-0.25, -0.2) is 0 Å². The van der Waals surface area contributed by atoms with E-state index in [-0.39, 0.29) is 12.5 Å². The number of nitrogens with zero attached hydrogens (tertiary/aromatic N) is 1. The lowest BCUT2D eigenvalue weighted by Crippen LogP contribution is -2.45. The highest BCUT2D eigenvalue weighted by Gasteiger charge is 2.19. The number of hydrogen-bond acceptors (Lipinski definition) is 3. The molecule has 0 spiro atoms. The summed E-state index contributed by atoms with van der Waals surface area (Å²) in [6.45, 7) is 5.40. The van der Waals surface area contributed by atoms with Crippen LogP contribution in [0.2, 0.25) is 0 Å². The van der Waals surface area contributed by atoms with Crippen LogP contribution in [0.1, 0.15) is 58.8 Å². The zero-order chi connectivity index (χ0) is 13.8. The first kappa shape index (κ1) is 17.4. The standard InChI is InChI=1S/C14H30N2O2/c1-3-5-7-8-10-16(11-12-17)14(18)13(15)9-6-4-2/h13,17H,3-12,15H2,1-2H3/t13-/m0/s1. The molecule has 0 aliphatic heterocycles. The van der Waals surface area contributed by atoms with E-state index in [0.717, 1.165) is 38.6 Å². The maximum Gasteiger partial charge on any atom is 0.239 e. The molecule has 0 aromatic rings. The Hall–Kier alpha value is -0.610. The molecule has 4 heteroatoms. The Labute approximate surface area is 112 Å². The SMILES string of the molecule is CCCCCCN(CCO)C(=O)[C@@H](N)CCCC. The predicted molar refractivity (Wildman–Crippen MR) is 75.3 cm³/mol. The molecule has 4 nitrogen and oxygen atoms in total. The summed E-state index contributed by atoms with van der Waals surface area (Å²) in [6, 6.07) is -0.400. The minimum atomic E-state index is -0.400. The topological polar surface area (TPSA) is 66.6 Å². The number of carbonyl (C=O) groups excluding carboxylic acids is 1. The van der Waals surface area contributed by atoms with Crippen LogP contribution in [0.5, 0.6) is 0 Å². The van der Waals surface area contributed by atoms with E-state index in [9.17, 15) is 4.79 Å². The number of amides is 1. The molecular formula is C14H30N2O2. The molecule has 0 saturated carbocycles. The molecule has 108 valence electrons. The van der Waals surface area contributed by atoms with Crippen molar-refractivity contribution in [1.29, 1.82) is 0 Å². The van der Waals surface area contributed by atoms with Gasteiger partial charge in [-0.05, 0) is 12.8 Å². The molecule has 0 rings (SSSR count). The number of aliphatic hydroxyl groups excluding tert-OH is 1. The van der Waals surface area contributed by atoms with E-state index < -0.39 is 6.04 Å². The number of carbonyl (C=O) groups is 1. The highest BCUT2D eigenvalue weighted by Crippen LogP contribution is 2.06. The second-order valence-corrected chi connectivity index (χ2v) is 4.86. The van der Waals surface area contributed by atoms with Gasteiger partial charge in [0.2, 0.25) is 5.91 Å². The molecule has 0 unspecified atom stereocenters. The van der Waals surface area contributed by atoms with Crippen molar-refractivity contribution in [3.8, 4) is 0 Å². The van der Waals surface area contributed by atoms with E-state index >= 15 is 0 Å². The minimum absolute atomic E-state index is 0.00556. The summed E-state index contributed by atoms with van der Waals surface area (Å²) >= 11 is 0. The van der Waals surface area contributed by atoms with Crippen molar-refractivity contribution in [2.75, 3.05) is 19.7 Å². The normalized spacial score (nSPS) is 12.4. The lowest BCUT2D eigenvalue weighted by molar-refractivity contribution is -0.133. The van der Waals surface area contributed by atoms with Crippen LogP contribution in [-0.4, -0.2) is 41.7 Å². The first-order chi connectivity index (χ1) is 8.67. The molecule has 0 heterocycles. The fourth-order valence-electron chi connectivity index (χ4n) is 1.96. The maximum absolute atomic E-state index is 12.1. The van der Waals surface area contributed by atoms with Gasteiger partial charge in [-0.1, -0.05) is 46.0 Å². The van der Waals surface area contributed by atoms with Crippen molar-refractivity contribution >= 4 is 5.91 Å². The molecule has 0 bridgehead atoms. The summed E-state index contributed by atoms with van der Waals surface area (Å²) in [5.74, 6) is -0.00556. The number of hydrogen-bond donors (Lipinski definition) is 2. The molecule has 1 atom stereocenters. The number of unbranched alkanes of at least 4 members (excludes halogenated alkanes) is 4. The molecule has 0 fully saturated rings. The maximum atomic E-state index is 12.1. The van der Waals surface area contributed by atoms with Crippen LogP contribution in [0, 0.1) is 0 Å². The van der Waals surface area contributed by atoms with Crippen molar-refractivity contribution in [3.05, 3.63) is 0 Å². The number of aliphatic hydroxyl groups is 1. The van der Waals surface area contributed by atoms with E-state index in [4.69, 9.17) is 10.8 Å². The Bertz CT molecular complexity index is 210. The van der Waals surface area contributed by atoms with E-state index in [1.54, 1.807) is 4.90 Å². The monoisotopic (exact) mass is 258 g/mol. The van der Waals surface area contributed by atoms with Crippen molar-refractivity contribution in [3.63, 3.8) is 0 Å². The summed E-state index contributed by atoms with van der Waals surface area (Å²) in [5, 5.41) is 9.01. The first-order valence-electron chi connectivity index (χ1n) is 7.32. The number of rotatable bonds is 11. The van der Waals surface area contributed by atoms with E-state index in [1.165, 1.54) is 12.8 Å². The third-order valence-electron chi connectivity index (χ3n) is 3.15. The molecule has 0 aliphatic rings. The summed E-state index contributed by atoms with van der Waals surface area (Å²) < 4.78 is 0. The lowest BCUT2D eigenvalue weighted by Gasteiger charge is -2.25. The van der Waals surface area contributed by atoms with Gasteiger partial charge in [-0.3, -0.25) is 4.79 Å². The van der Waals surface area contributed by atoms with Gasteiger partial charge in [0.1, 0.15) is 0 Å². The largest absolute Gasteiger partial charge is 0.395 e. The van der Waals surface area contributed by atoms with Crippen LogP contribution in [-0.2, 0) is 4.79 Å². The Morgan fingerprint density at radius 1 is 1.11 bits per heavy atom. The van der Waals surface area contributed by atoms with E-state index in [0.29, 0.717) is 6.54 Å². The zero-order valence-corrected chi connectivity index (χ0v) is 12.0. The molecule has 0 aromatic carbocycles. The van der Waals surface area contributed by atoms with E-state index in [1.807, 2.05) is 0 Å². The van der Waals surface area contributed by atoms with Crippen molar-refractivity contribution in [1.82, 2.24) is 4.90 Å². The second kappa shape index (κ2) is 11.5. The van der Waals surface area contributed by atoms with Gasteiger partial charge in [0, 0.05) is 13.1 Å². The molecule has 0 aromatic heterocycles. The fourth-order valence-corrected chi connectivity index (χ4v) is 1.96. The lowest BCUT2D eigenvalue weighted by atomic mass is 10.1. The van der Waals surface area contributed by atoms with Crippen molar-refractivity contribution in [2.24, 2.45) is 5.73 Å². The van der Waals surface area contributed by atoms with Crippen LogP contribution in [0.15, 0.2) is 0 Å². The Balaban J connectivity index is 4.08. The molecule has 18 heavy (non-hydrogen) atoms. The Morgan fingerprint density at radius 2 is 1.78 bits per heavy atom. The van der Waals surface area contributed by atoms with Crippen molar-refractivity contribution < 1.29 is 9.90 Å². The summed E-state index contributed by atoms with van der Waals surface area (Å²) in [6.07, 6.45) is 7.29. The van der Waals surface area contributed by atoms with Crippen LogP contribution >= 0.6 is 0 Å². The van der Waals surface area contributed by atoms with Gasteiger partial charge in [0.15, 0.2) is 0 Å². The molecule has 1 amide bonds. The zero-order valence-electron chi connectivity index (χ0n) is 12.0. The van der Waals surface area contributed by atoms with E-state index in [2.05, 4.69) is 13.8 Å². The van der Waals surface area contributed by atoms with Crippen LogP contribution in [0.25, 0.3) is 0 Å². The van der Waals surface area contributed by atoms with Gasteiger partial charge in [0.25, 0.3) is 0 Å². The third-order valence-corrected chi connectivity index (χ3v) is 3.15. The second-order valence-electron chi connectivity index (χ2n) is 4.86. The smallest absolute Gasteiger partial charge is 0.239 e. The Kier molecular flexibility index (Phi) is 11.1. The Morgan fingerprint density at radius 3 is 2.33 bits per heavy atom. The third kappa shape index (κ3) is 7.67. The molecule has 0 radical (unpaired) electrons. The summed E-state index contributed by atoms with van der Waals surface area (Å²) in [5.41, 5.74) is 5.89. The highest BCUT2D eigenvalue weighted by molar-refractivity contribution is 5.81. The van der Waals surface area contributed by atoms with Crippen LogP contribution < -0.4 is 5.73 Å². The summed E-state index contributed by atoms with van der Waals surface area (Å²) in [7, 11) is 0. The van der Waals surface area contributed by atoms with Gasteiger partial charge in [-0.2, -0.15) is 0 Å². The van der Waals surface area contributed by atoms with Gasteiger partial charge >= 0.3 is 0 Å². The molecule has 0 aliphatic carbocycles. The molecular weight excluding hydrogens is 228 g/mol. The van der Waals surface area contributed by atoms with Gasteiger partial charge < -0.3 is 15.7 Å².